The van der Waals surface area contributed by atoms with Gasteiger partial charge in [0.1, 0.15) is 5.60 Å². The Balaban J connectivity index is 1.70. The first-order valence-corrected chi connectivity index (χ1v) is 9.90. The van der Waals surface area contributed by atoms with E-state index in [0.29, 0.717) is 24.5 Å². The predicted octanol–water partition coefficient (Wildman–Crippen LogP) is 4.05. The van der Waals surface area contributed by atoms with Crippen molar-refractivity contribution in [3.05, 3.63) is 10.6 Å². The van der Waals surface area contributed by atoms with Crippen molar-refractivity contribution in [1.29, 1.82) is 0 Å². The molecule has 1 heterocycles. The average Bonchev–Trinajstić information content (AvgIpc) is 2.83. The fraction of sp³-hybridized carbons (Fsp3) is 0.722. The van der Waals surface area contributed by atoms with Crippen molar-refractivity contribution in [2.45, 2.75) is 77.7 Å². The Bertz CT molecular complexity index is 567. The van der Waals surface area contributed by atoms with E-state index in [1.54, 1.807) is 11.3 Å². The molecule has 1 aromatic rings. The molecule has 0 unspecified atom stereocenters. The van der Waals surface area contributed by atoms with Crippen molar-refractivity contribution in [2.75, 3.05) is 11.9 Å². The van der Waals surface area contributed by atoms with Crippen LogP contribution in [-0.4, -0.2) is 29.1 Å². The number of ether oxygens (including phenoxy) is 1. The van der Waals surface area contributed by atoms with E-state index in [9.17, 15) is 9.59 Å². The van der Waals surface area contributed by atoms with Crippen molar-refractivity contribution in [3.8, 4) is 0 Å². The number of aromatic nitrogens is 1. The molecule has 2 rings (SSSR count). The summed E-state index contributed by atoms with van der Waals surface area (Å²) in [5.74, 6) is -0.0623. The van der Waals surface area contributed by atoms with Gasteiger partial charge in [0.15, 0.2) is 5.13 Å². The van der Waals surface area contributed by atoms with E-state index < -0.39 is 11.7 Å². The van der Waals surface area contributed by atoms with E-state index in [1.165, 1.54) is 30.6 Å². The minimum atomic E-state index is -0.511. The lowest BCUT2D eigenvalue weighted by Crippen LogP contribution is -2.33. The number of nitrogens with one attached hydrogen (secondary N) is 2. The van der Waals surface area contributed by atoms with E-state index in [2.05, 4.69) is 15.6 Å². The standard InChI is InChI=1S/C18H29N3O3S/c1-18(2,3)24-17(23)19-12-8-11-15(22)21-16-20-13-9-6-4-5-7-10-14(13)25-16/h4-12H2,1-3H3,(H,19,23)(H,20,21,22). The van der Waals surface area contributed by atoms with Crippen molar-refractivity contribution < 1.29 is 14.3 Å². The van der Waals surface area contributed by atoms with Crippen LogP contribution in [0.4, 0.5) is 9.93 Å². The number of anilines is 1. The van der Waals surface area contributed by atoms with E-state index >= 15 is 0 Å². The monoisotopic (exact) mass is 367 g/mol. The lowest BCUT2D eigenvalue weighted by Gasteiger charge is -2.19. The van der Waals surface area contributed by atoms with Crippen LogP contribution in [-0.2, 0) is 22.4 Å². The minimum absolute atomic E-state index is 0.0623. The summed E-state index contributed by atoms with van der Waals surface area (Å²) in [6.07, 6.45) is 7.49. The van der Waals surface area contributed by atoms with Crippen LogP contribution in [0.25, 0.3) is 0 Å². The third-order valence-corrected chi connectivity index (χ3v) is 4.91. The Morgan fingerprint density at radius 3 is 2.60 bits per heavy atom. The number of fused-ring (bicyclic) bond motifs is 1. The first-order valence-electron chi connectivity index (χ1n) is 9.09. The Labute approximate surface area is 153 Å². The van der Waals surface area contributed by atoms with E-state index in [1.807, 2.05) is 20.8 Å². The number of thiazole rings is 1. The quantitative estimate of drug-likeness (QED) is 0.770. The average molecular weight is 368 g/mol. The van der Waals surface area contributed by atoms with E-state index in [4.69, 9.17) is 4.74 Å². The van der Waals surface area contributed by atoms with Gasteiger partial charge in [0, 0.05) is 17.8 Å². The largest absolute Gasteiger partial charge is 0.444 e. The molecular formula is C18H29N3O3S. The third-order valence-electron chi connectivity index (χ3n) is 3.84. The van der Waals surface area contributed by atoms with E-state index in [-0.39, 0.29) is 5.91 Å². The van der Waals surface area contributed by atoms with Crippen molar-refractivity contribution in [3.63, 3.8) is 0 Å². The van der Waals surface area contributed by atoms with Crippen LogP contribution in [0.15, 0.2) is 0 Å². The molecule has 1 aliphatic carbocycles. The number of hydrogen-bond acceptors (Lipinski definition) is 5. The SMILES string of the molecule is CC(C)(C)OC(=O)NCCCC(=O)Nc1nc2c(s1)CCCCCC2. The van der Waals surface area contributed by atoms with Crippen molar-refractivity contribution in [1.82, 2.24) is 10.3 Å². The first kappa shape index (κ1) is 19.7. The summed E-state index contributed by atoms with van der Waals surface area (Å²) in [7, 11) is 0. The molecule has 1 aliphatic rings. The Morgan fingerprint density at radius 1 is 1.16 bits per heavy atom. The molecule has 0 atom stereocenters. The molecule has 2 N–H and O–H groups in total. The second-order valence-corrected chi connectivity index (χ2v) is 8.47. The second-order valence-electron chi connectivity index (χ2n) is 7.38. The lowest BCUT2D eigenvalue weighted by molar-refractivity contribution is -0.116. The number of nitrogens with zero attached hydrogens (tertiary/aromatic N) is 1. The van der Waals surface area contributed by atoms with Crippen LogP contribution in [0.2, 0.25) is 0 Å². The molecule has 0 radical (unpaired) electrons. The van der Waals surface area contributed by atoms with Crippen LogP contribution in [0.5, 0.6) is 0 Å². The maximum Gasteiger partial charge on any atom is 0.407 e. The zero-order chi connectivity index (χ0) is 18.3. The van der Waals surface area contributed by atoms with Crippen LogP contribution in [0, 0.1) is 0 Å². The molecule has 7 heteroatoms. The molecule has 0 bridgehead atoms. The molecule has 6 nitrogen and oxygen atoms in total. The molecular weight excluding hydrogens is 338 g/mol. The molecule has 0 saturated carbocycles. The topological polar surface area (TPSA) is 80.3 Å². The summed E-state index contributed by atoms with van der Waals surface area (Å²) in [4.78, 5) is 29.5. The highest BCUT2D eigenvalue weighted by molar-refractivity contribution is 7.15. The van der Waals surface area contributed by atoms with Gasteiger partial charge in [0.05, 0.1) is 5.69 Å². The van der Waals surface area contributed by atoms with Crippen molar-refractivity contribution >= 4 is 28.5 Å². The molecule has 25 heavy (non-hydrogen) atoms. The van der Waals surface area contributed by atoms with Gasteiger partial charge in [-0.1, -0.05) is 12.8 Å². The Kier molecular flexibility index (Phi) is 7.23. The maximum atomic E-state index is 12.0. The highest BCUT2D eigenvalue weighted by atomic mass is 32.1. The van der Waals surface area contributed by atoms with Crippen LogP contribution in [0.1, 0.15) is 69.9 Å². The third kappa shape index (κ3) is 7.42. The van der Waals surface area contributed by atoms with Gasteiger partial charge in [-0.25, -0.2) is 9.78 Å². The highest BCUT2D eigenvalue weighted by Gasteiger charge is 2.16. The molecule has 0 spiro atoms. The Hall–Kier alpha value is -1.63. The number of amides is 2. The van der Waals surface area contributed by atoms with Gasteiger partial charge in [-0.3, -0.25) is 4.79 Å². The van der Waals surface area contributed by atoms with E-state index in [0.717, 1.165) is 18.5 Å². The summed E-state index contributed by atoms with van der Waals surface area (Å²) >= 11 is 1.60. The number of alkyl carbamates (subject to hydrolysis) is 1. The lowest BCUT2D eigenvalue weighted by atomic mass is 10.0. The molecule has 0 fully saturated rings. The smallest absolute Gasteiger partial charge is 0.407 e. The van der Waals surface area contributed by atoms with Crippen LogP contribution >= 0.6 is 11.3 Å². The molecule has 0 aliphatic heterocycles. The van der Waals surface area contributed by atoms with Gasteiger partial charge in [-0.05, 0) is 52.9 Å². The number of rotatable bonds is 5. The zero-order valence-corrected chi connectivity index (χ0v) is 16.3. The molecule has 2 amide bonds. The minimum Gasteiger partial charge on any atom is -0.444 e. The summed E-state index contributed by atoms with van der Waals surface area (Å²) < 4.78 is 5.15. The highest BCUT2D eigenvalue weighted by Crippen LogP contribution is 2.28. The summed E-state index contributed by atoms with van der Waals surface area (Å²) in [6.45, 7) is 5.86. The zero-order valence-electron chi connectivity index (χ0n) is 15.4. The van der Waals surface area contributed by atoms with Gasteiger partial charge >= 0.3 is 6.09 Å². The fourth-order valence-corrected chi connectivity index (χ4v) is 3.76. The molecule has 0 saturated heterocycles. The maximum absolute atomic E-state index is 12.0. The number of carbonyl (C=O) groups is 2. The molecule has 140 valence electrons. The summed E-state index contributed by atoms with van der Waals surface area (Å²) in [6, 6.07) is 0. The molecule has 0 aromatic carbocycles. The second kappa shape index (κ2) is 9.17. The van der Waals surface area contributed by atoms with Gasteiger partial charge in [-0.15, -0.1) is 11.3 Å². The van der Waals surface area contributed by atoms with Gasteiger partial charge in [-0.2, -0.15) is 0 Å². The first-order chi connectivity index (χ1) is 11.8. The van der Waals surface area contributed by atoms with Gasteiger partial charge in [0.2, 0.25) is 5.91 Å². The van der Waals surface area contributed by atoms with Crippen molar-refractivity contribution in [2.24, 2.45) is 0 Å². The Morgan fingerprint density at radius 2 is 1.88 bits per heavy atom. The molecule has 1 aromatic heterocycles. The van der Waals surface area contributed by atoms with Crippen LogP contribution in [0.3, 0.4) is 0 Å². The summed E-state index contributed by atoms with van der Waals surface area (Å²) in [5, 5.41) is 6.25. The van der Waals surface area contributed by atoms with Gasteiger partial charge in [0.25, 0.3) is 0 Å². The number of aryl methyl sites for hydroxylation is 2. The fourth-order valence-electron chi connectivity index (χ4n) is 2.69. The van der Waals surface area contributed by atoms with Crippen LogP contribution < -0.4 is 10.6 Å². The predicted molar refractivity (Wildman–Crippen MR) is 100 cm³/mol. The summed E-state index contributed by atoms with van der Waals surface area (Å²) in [5.41, 5.74) is 0.648. The number of hydrogen-bond donors (Lipinski definition) is 2. The van der Waals surface area contributed by atoms with Gasteiger partial charge < -0.3 is 15.4 Å². The number of carbonyl (C=O) groups excluding carboxylic acids is 2. The normalized spacial score (nSPS) is 14.8.